The SMILES string of the molecule is CSCCC1NC2(CCN(C(=S)NC(C)CC(=O)O)CC2)N(C)C1=O. The molecule has 1 spiro atoms. The van der Waals surface area contributed by atoms with Gasteiger partial charge in [-0.15, -0.1) is 0 Å². The maximum atomic E-state index is 12.5. The Balaban J connectivity index is 1.89. The van der Waals surface area contributed by atoms with Crippen molar-refractivity contribution in [2.75, 3.05) is 32.1 Å². The van der Waals surface area contributed by atoms with Crippen molar-refractivity contribution in [3.8, 4) is 0 Å². The molecule has 0 aromatic carbocycles. The van der Waals surface area contributed by atoms with Gasteiger partial charge in [-0.1, -0.05) is 0 Å². The minimum Gasteiger partial charge on any atom is -0.481 e. The summed E-state index contributed by atoms with van der Waals surface area (Å²) in [4.78, 5) is 27.2. The molecular formula is C16H28N4O3S2. The van der Waals surface area contributed by atoms with Crippen molar-refractivity contribution < 1.29 is 14.7 Å². The zero-order chi connectivity index (χ0) is 18.6. The average molecular weight is 389 g/mol. The van der Waals surface area contributed by atoms with Gasteiger partial charge >= 0.3 is 5.97 Å². The molecule has 25 heavy (non-hydrogen) atoms. The molecule has 2 saturated heterocycles. The minimum absolute atomic E-state index is 0.0355. The summed E-state index contributed by atoms with van der Waals surface area (Å²) in [5, 5.41) is 16.1. The van der Waals surface area contributed by atoms with Crippen molar-refractivity contribution in [1.82, 2.24) is 20.4 Å². The standard InChI is InChI=1S/C16H28N4O3S2/c1-11(10-13(21)22)17-15(24)20-7-5-16(6-8-20)18-12(4-9-25-3)14(23)19(16)2/h11-12,18H,4-10H2,1-3H3,(H,17,24)(H,21,22). The van der Waals surface area contributed by atoms with Gasteiger partial charge in [0.05, 0.1) is 18.1 Å². The maximum Gasteiger partial charge on any atom is 0.305 e. The molecule has 0 aromatic rings. The van der Waals surface area contributed by atoms with E-state index in [4.69, 9.17) is 17.3 Å². The topological polar surface area (TPSA) is 84.9 Å². The van der Waals surface area contributed by atoms with Crippen molar-refractivity contribution in [2.45, 2.75) is 50.4 Å². The van der Waals surface area contributed by atoms with Crippen LogP contribution in [0.4, 0.5) is 0 Å². The fraction of sp³-hybridized carbons (Fsp3) is 0.812. The fourth-order valence-electron chi connectivity index (χ4n) is 3.53. The minimum atomic E-state index is -0.841. The number of hydrogen-bond donors (Lipinski definition) is 3. The van der Waals surface area contributed by atoms with Crippen LogP contribution in [0.2, 0.25) is 0 Å². The Hall–Kier alpha value is -1.06. The number of carbonyl (C=O) groups is 2. The summed E-state index contributed by atoms with van der Waals surface area (Å²) in [7, 11) is 1.88. The molecule has 0 bridgehead atoms. The van der Waals surface area contributed by atoms with E-state index < -0.39 is 5.97 Å². The number of thiocarbonyl (C=S) groups is 1. The summed E-state index contributed by atoms with van der Waals surface area (Å²) < 4.78 is 0. The highest BCUT2D eigenvalue weighted by atomic mass is 32.2. The van der Waals surface area contributed by atoms with Gasteiger partial charge < -0.3 is 20.2 Å². The molecule has 1 amide bonds. The number of likely N-dealkylation sites (N-methyl/N-ethyl adjacent to an activating group) is 1. The van der Waals surface area contributed by atoms with E-state index in [1.807, 2.05) is 18.9 Å². The molecule has 0 radical (unpaired) electrons. The highest BCUT2D eigenvalue weighted by Crippen LogP contribution is 2.32. The maximum absolute atomic E-state index is 12.5. The first-order valence-electron chi connectivity index (χ1n) is 8.60. The average Bonchev–Trinajstić information content (AvgIpc) is 2.77. The summed E-state index contributed by atoms with van der Waals surface area (Å²) in [5.41, 5.74) is -0.279. The second kappa shape index (κ2) is 8.55. The lowest BCUT2D eigenvalue weighted by molar-refractivity contribution is -0.137. The van der Waals surface area contributed by atoms with E-state index in [9.17, 15) is 9.59 Å². The zero-order valence-electron chi connectivity index (χ0n) is 15.1. The third-order valence-electron chi connectivity index (χ3n) is 5.05. The van der Waals surface area contributed by atoms with E-state index in [2.05, 4.69) is 21.8 Å². The molecule has 2 aliphatic rings. The van der Waals surface area contributed by atoms with Crippen LogP contribution in [0.15, 0.2) is 0 Å². The summed E-state index contributed by atoms with van der Waals surface area (Å²) in [6.45, 7) is 3.30. The summed E-state index contributed by atoms with van der Waals surface area (Å²) in [5.74, 6) is 0.305. The lowest BCUT2D eigenvalue weighted by Gasteiger charge is -2.44. The fourth-order valence-corrected chi connectivity index (χ4v) is 4.39. The van der Waals surface area contributed by atoms with Gasteiger partial charge in [-0.3, -0.25) is 14.9 Å². The Morgan fingerprint density at radius 2 is 2.16 bits per heavy atom. The quantitative estimate of drug-likeness (QED) is 0.574. The van der Waals surface area contributed by atoms with E-state index in [-0.39, 0.29) is 30.1 Å². The van der Waals surface area contributed by atoms with E-state index in [1.165, 1.54) is 0 Å². The number of hydrogen-bond acceptors (Lipinski definition) is 5. The van der Waals surface area contributed by atoms with Crippen LogP contribution in [-0.4, -0.2) is 81.8 Å². The molecule has 0 aliphatic carbocycles. The van der Waals surface area contributed by atoms with Crippen molar-refractivity contribution in [3.05, 3.63) is 0 Å². The highest BCUT2D eigenvalue weighted by molar-refractivity contribution is 7.98. The Labute approximate surface area is 158 Å². The number of carbonyl (C=O) groups excluding carboxylic acids is 1. The molecule has 2 unspecified atom stereocenters. The second-order valence-electron chi connectivity index (χ2n) is 6.84. The molecule has 7 nitrogen and oxygen atoms in total. The Kier molecular flexibility index (Phi) is 6.93. The van der Waals surface area contributed by atoms with Crippen LogP contribution in [0.3, 0.4) is 0 Å². The number of nitrogens with one attached hydrogen (secondary N) is 2. The Morgan fingerprint density at radius 3 is 2.72 bits per heavy atom. The van der Waals surface area contributed by atoms with Gasteiger partial charge in [-0.25, -0.2) is 0 Å². The second-order valence-corrected chi connectivity index (χ2v) is 8.21. The predicted octanol–water partition coefficient (Wildman–Crippen LogP) is 0.700. The highest BCUT2D eigenvalue weighted by Gasteiger charge is 2.49. The molecule has 142 valence electrons. The molecule has 2 fully saturated rings. The summed E-state index contributed by atoms with van der Waals surface area (Å²) in [6, 6.07) is -0.296. The third-order valence-corrected chi connectivity index (χ3v) is 6.07. The number of aliphatic carboxylic acids is 1. The van der Waals surface area contributed by atoms with Gasteiger partial charge in [0.1, 0.15) is 0 Å². The first kappa shape index (κ1) is 20.3. The van der Waals surface area contributed by atoms with Gasteiger partial charge in [-0.2, -0.15) is 11.8 Å². The lowest BCUT2D eigenvalue weighted by atomic mass is 9.96. The lowest BCUT2D eigenvalue weighted by Crippen LogP contribution is -2.59. The van der Waals surface area contributed by atoms with E-state index >= 15 is 0 Å². The number of amides is 1. The summed E-state index contributed by atoms with van der Waals surface area (Å²) >= 11 is 7.17. The van der Waals surface area contributed by atoms with Crippen molar-refractivity contribution >= 4 is 41.0 Å². The van der Waals surface area contributed by atoms with Crippen LogP contribution in [0.25, 0.3) is 0 Å². The van der Waals surface area contributed by atoms with Crippen molar-refractivity contribution in [1.29, 1.82) is 0 Å². The normalized spacial score (nSPS) is 23.8. The van der Waals surface area contributed by atoms with Crippen molar-refractivity contribution in [2.24, 2.45) is 0 Å². The molecule has 3 N–H and O–H groups in total. The monoisotopic (exact) mass is 388 g/mol. The number of rotatable bonds is 6. The van der Waals surface area contributed by atoms with Crippen LogP contribution < -0.4 is 10.6 Å². The molecule has 9 heteroatoms. The van der Waals surface area contributed by atoms with Gasteiger partial charge in [0.25, 0.3) is 0 Å². The molecule has 0 aromatic heterocycles. The molecular weight excluding hydrogens is 360 g/mol. The Morgan fingerprint density at radius 1 is 1.52 bits per heavy atom. The predicted molar refractivity (Wildman–Crippen MR) is 104 cm³/mol. The smallest absolute Gasteiger partial charge is 0.305 e. The van der Waals surface area contributed by atoms with E-state index in [1.54, 1.807) is 11.8 Å². The number of carboxylic acids is 1. The first-order valence-corrected chi connectivity index (χ1v) is 10.4. The number of piperidine rings is 1. The number of nitrogens with zero attached hydrogens (tertiary/aromatic N) is 2. The number of thioether (sulfide) groups is 1. The summed E-state index contributed by atoms with van der Waals surface area (Å²) in [6.07, 6.45) is 4.55. The molecule has 2 aliphatic heterocycles. The van der Waals surface area contributed by atoms with Gasteiger partial charge in [0.15, 0.2) is 5.11 Å². The van der Waals surface area contributed by atoms with Crippen LogP contribution >= 0.6 is 24.0 Å². The van der Waals surface area contributed by atoms with Gasteiger partial charge in [0.2, 0.25) is 5.91 Å². The van der Waals surface area contributed by atoms with E-state index in [0.717, 1.165) is 38.1 Å². The number of likely N-dealkylation sites (tertiary alicyclic amines) is 1. The Bertz CT molecular complexity index is 524. The molecule has 2 heterocycles. The molecule has 0 saturated carbocycles. The van der Waals surface area contributed by atoms with Crippen LogP contribution in [0, 0.1) is 0 Å². The molecule has 2 atom stereocenters. The van der Waals surface area contributed by atoms with Crippen LogP contribution in [0.1, 0.15) is 32.6 Å². The number of carboxylic acid groups (broad SMARTS) is 1. The van der Waals surface area contributed by atoms with Gasteiger partial charge in [-0.05, 0) is 37.6 Å². The van der Waals surface area contributed by atoms with E-state index in [0.29, 0.717) is 5.11 Å². The first-order chi connectivity index (χ1) is 11.8. The molecule has 2 rings (SSSR count). The van der Waals surface area contributed by atoms with Crippen molar-refractivity contribution in [3.63, 3.8) is 0 Å². The zero-order valence-corrected chi connectivity index (χ0v) is 16.7. The van der Waals surface area contributed by atoms with Crippen LogP contribution in [0.5, 0.6) is 0 Å². The largest absolute Gasteiger partial charge is 0.481 e. The van der Waals surface area contributed by atoms with Crippen LogP contribution in [-0.2, 0) is 9.59 Å². The third kappa shape index (κ3) is 4.77. The van der Waals surface area contributed by atoms with Gasteiger partial charge in [0, 0.05) is 39.0 Å².